The van der Waals surface area contributed by atoms with Crippen LogP contribution in [0.5, 0.6) is 0 Å². The predicted octanol–water partition coefficient (Wildman–Crippen LogP) is 1.41. The van der Waals surface area contributed by atoms with Gasteiger partial charge in [-0.1, -0.05) is 11.6 Å². The van der Waals surface area contributed by atoms with Gasteiger partial charge in [0, 0.05) is 31.7 Å². The van der Waals surface area contributed by atoms with Crippen molar-refractivity contribution in [1.29, 1.82) is 0 Å². The van der Waals surface area contributed by atoms with Gasteiger partial charge in [0.15, 0.2) is 0 Å². The fourth-order valence-electron chi connectivity index (χ4n) is 2.70. The molecule has 0 aromatic carbocycles. The Labute approximate surface area is 100 Å². The van der Waals surface area contributed by atoms with Gasteiger partial charge in [-0.25, -0.2) is 9.97 Å². The van der Waals surface area contributed by atoms with Crippen LogP contribution in [0.4, 0.5) is 5.82 Å². The average molecular weight is 239 g/mol. The molecule has 2 aliphatic heterocycles. The van der Waals surface area contributed by atoms with Gasteiger partial charge < -0.3 is 4.90 Å². The monoisotopic (exact) mass is 238 g/mol. The molecule has 0 amide bonds. The molecule has 16 heavy (non-hydrogen) atoms. The lowest BCUT2D eigenvalue weighted by Gasteiger charge is -2.38. The van der Waals surface area contributed by atoms with Gasteiger partial charge >= 0.3 is 0 Å². The van der Waals surface area contributed by atoms with Crippen LogP contribution in [0.2, 0.25) is 5.15 Å². The summed E-state index contributed by atoms with van der Waals surface area (Å²) in [4.78, 5) is 13.1. The molecule has 2 fully saturated rings. The van der Waals surface area contributed by atoms with Crippen molar-refractivity contribution in [3.8, 4) is 0 Å². The van der Waals surface area contributed by atoms with Gasteiger partial charge in [0.25, 0.3) is 0 Å². The lowest BCUT2D eigenvalue weighted by molar-refractivity contribution is 0.230. The maximum atomic E-state index is 5.89. The summed E-state index contributed by atoms with van der Waals surface area (Å²) in [6.07, 6.45) is 4.19. The molecule has 2 aliphatic rings. The third-order valence-electron chi connectivity index (χ3n) is 3.53. The number of piperazine rings is 1. The van der Waals surface area contributed by atoms with E-state index in [0.717, 1.165) is 25.5 Å². The minimum atomic E-state index is 0.527. The highest BCUT2D eigenvalue weighted by Crippen LogP contribution is 2.24. The van der Waals surface area contributed by atoms with Crippen LogP contribution < -0.4 is 4.90 Å². The minimum absolute atomic E-state index is 0.527. The highest BCUT2D eigenvalue weighted by Gasteiger charge is 2.30. The largest absolute Gasteiger partial charge is 0.354 e. The number of rotatable bonds is 1. The average Bonchev–Trinajstić information content (AvgIpc) is 2.75. The van der Waals surface area contributed by atoms with Crippen molar-refractivity contribution < 1.29 is 0 Å². The Bertz CT molecular complexity index is 384. The van der Waals surface area contributed by atoms with Crippen molar-refractivity contribution in [2.75, 3.05) is 31.1 Å². The zero-order valence-corrected chi connectivity index (χ0v) is 9.90. The van der Waals surface area contributed by atoms with Crippen LogP contribution in [0.1, 0.15) is 12.8 Å². The first-order valence-electron chi connectivity index (χ1n) is 5.79. The molecule has 2 saturated heterocycles. The molecule has 0 aliphatic carbocycles. The predicted molar refractivity (Wildman–Crippen MR) is 63.9 cm³/mol. The molecular weight excluding hydrogens is 224 g/mol. The van der Waals surface area contributed by atoms with Crippen LogP contribution in [-0.4, -0.2) is 47.1 Å². The van der Waals surface area contributed by atoms with E-state index in [2.05, 4.69) is 19.8 Å². The van der Waals surface area contributed by atoms with Crippen LogP contribution in [0, 0.1) is 0 Å². The first kappa shape index (κ1) is 10.3. The molecule has 0 saturated carbocycles. The summed E-state index contributed by atoms with van der Waals surface area (Å²) in [7, 11) is 0. The third-order valence-corrected chi connectivity index (χ3v) is 3.74. The normalized spacial score (nSPS) is 25.8. The number of hydrogen-bond donors (Lipinski definition) is 0. The zero-order valence-electron chi connectivity index (χ0n) is 9.14. The summed E-state index contributed by atoms with van der Waals surface area (Å²) in [5, 5.41) is 0.527. The van der Waals surface area contributed by atoms with Crippen molar-refractivity contribution >= 4 is 17.4 Å². The molecule has 1 aromatic heterocycles. The molecule has 0 N–H and O–H groups in total. The highest BCUT2D eigenvalue weighted by atomic mass is 35.5. The lowest BCUT2D eigenvalue weighted by Crippen LogP contribution is -2.50. The molecule has 3 heterocycles. The van der Waals surface area contributed by atoms with Gasteiger partial charge in [-0.3, -0.25) is 4.90 Å². The fourth-order valence-corrected chi connectivity index (χ4v) is 2.84. The Morgan fingerprint density at radius 3 is 3.06 bits per heavy atom. The Balaban J connectivity index is 1.76. The van der Waals surface area contributed by atoms with E-state index in [1.165, 1.54) is 19.4 Å². The van der Waals surface area contributed by atoms with E-state index in [0.29, 0.717) is 11.2 Å². The Morgan fingerprint density at radius 1 is 1.25 bits per heavy atom. The first-order valence-corrected chi connectivity index (χ1v) is 6.17. The standard InChI is InChI=1S/C11H15ClN4/c12-10-6-11(14-8-13-10)16-5-4-15-3-1-2-9(15)7-16/h6,8-9H,1-5,7H2. The summed E-state index contributed by atoms with van der Waals surface area (Å²) in [5.41, 5.74) is 0. The number of anilines is 1. The van der Waals surface area contributed by atoms with Gasteiger partial charge in [-0.2, -0.15) is 0 Å². The van der Waals surface area contributed by atoms with E-state index in [9.17, 15) is 0 Å². The van der Waals surface area contributed by atoms with E-state index in [4.69, 9.17) is 11.6 Å². The van der Waals surface area contributed by atoms with Crippen LogP contribution in [0.15, 0.2) is 12.4 Å². The van der Waals surface area contributed by atoms with Gasteiger partial charge in [-0.15, -0.1) is 0 Å². The summed E-state index contributed by atoms with van der Waals surface area (Å²) in [6, 6.07) is 2.56. The van der Waals surface area contributed by atoms with E-state index in [1.807, 2.05) is 6.07 Å². The topological polar surface area (TPSA) is 32.3 Å². The molecule has 5 heteroatoms. The first-order chi connectivity index (χ1) is 7.83. The van der Waals surface area contributed by atoms with Gasteiger partial charge in [0.05, 0.1) is 0 Å². The summed E-state index contributed by atoms with van der Waals surface area (Å²) in [6.45, 7) is 4.53. The number of halogens is 1. The van der Waals surface area contributed by atoms with Gasteiger partial charge in [0.2, 0.25) is 0 Å². The molecule has 4 nitrogen and oxygen atoms in total. The maximum Gasteiger partial charge on any atom is 0.134 e. The third kappa shape index (κ3) is 1.87. The number of aromatic nitrogens is 2. The number of nitrogens with zero attached hydrogens (tertiary/aromatic N) is 4. The molecule has 3 rings (SSSR count). The number of hydrogen-bond acceptors (Lipinski definition) is 4. The second-order valence-corrected chi connectivity index (χ2v) is 4.86. The van der Waals surface area contributed by atoms with E-state index >= 15 is 0 Å². The molecule has 86 valence electrons. The van der Waals surface area contributed by atoms with Crippen molar-refractivity contribution in [2.24, 2.45) is 0 Å². The summed E-state index contributed by atoms with van der Waals surface area (Å²) in [5.74, 6) is 0.964. The highest BCUT2D eigenvalue weighted by molar-refractivity contribution is 6.29. The Morgan fingerprint density at radius 2 is 2.19 bits per heavy atom. The quantitative estimate of drug-likeness (QED) is 0.693. The Kier molecular flexibility index (Phi) is 2.69. The summed E-state index contributed by atoms with van der Waals surface area (Å²) >= 11 is 5.89. The molecule has 1 atom stereocenters. The molecule has 0 bridgehead atoms. The SMILES string of the molecule is Clc1cc(N2CCN3CCCC3C2)ncn1. The minimum Gasteiger partial charge on any atom is -0.354 e. The smallest absolute Gasteiger partial charge is 0.134 e. The Hall–Kier alpha value is -0.870. The fraction of sp³-hybridized carbons (Fsp3) is 0.636. The molecule has 1 aromatic rings. The van der Waals surface area contributed by atoms with Crippen molar-refractivity contribution in [2.45, 2.75) is 18.9 Å². The second kappa shape index (κ2) is 4.18. The second-order valence-electron chi connectivity index (χ2n) is 4.48. The van der Waals surface area contributed by atoms with Crippen LogP contribution >= 0.6 is 11.6 Å². The van der Waals surface area contributed by atoms with E-state index in [-0.39, 0.29) is 0 Å². The van der Waals surface area contributed by atoms with Crippen LogP contribution in [0.3, 0.4) is 0 Å². The lowest BCUT2D eigenvalue weighted by atomic mass is 10.1. The van der Waals surface area contributed by atoms with Crippen LogP contribution in [-0.2, 0) is 0 Å². The van der Waals surface area contributed by atoms with Gasteiger partial charge in [-0.05, 0) is 19.4 Å². The zero-order chi connectivity index (χ0) is 11.0. The molecule has 0 spiro atoms. The van der Waals surface area contributed by atoms with Crippen molar-refractivity contribution in [3.05, 3.63) is 17.5 Å². The van der Waals surface area contributed by atoms with E-state index in [1.54, 1.807) is 6.33 Å². The maximum absolute atomic E-state index is 5.89. The van der Waals surface area contributed by atoms with Crippen LogP contribution in [0.25, 0.3) is 0 Å². The van der Waals surface area contributed by atoms with Crippen molar-refractivity contribution in [3.63, 3.8) is 0 Å². The molecular formula is C11H15ClN4. The number of fused-ring (bicyclic) bond motifs is 1. The summed E-state index contributed by atoms with van der Waals surface area (Å²) < 4.78 is 0. The molecule has 0 radical (unpaired) electrons. The van der Waals surface area contributed by atoms with E-state index < -0.39 is 0 Å². The van der Waals surface area contributed by atoms with Gasteiger partial charge in [0.1, 0.15) is 17.3 Å². The molecule has 1 unspecified atom stereocenters. The van der Waals surface area contributed by atoms with Crippen molar-refractivity contribution in [1.82, 2.24) is 14.9 Å².